The summed E-state index contributed by atoms with van der Waals surface area (Å²) in [7, 11) is -2.98. The zero-order valence-corrected chi connectivity index (χ0v) is 15.3. The molecule has 1 saturated heterocycles. The van der Waals surface area contributed by atoms with E-state index < -0.39 is 9.84 Å². The second-order valence-corrected chi connectivity index (χ2v) is 9.43. The predicted octanol–water partition coefficient (Wildman–Crippen LogP) is 2.25. The lowest BCUT2D eigenvalue weighted by atomic mass is 10.1. The highest BCUT2D eigenvalue weighted by atomic mass is 32.2. The molecular formula is C17H20N2O3S2. The molecule has 5 nitrogen and oxygen atoms in total. The van der Waals surface area contributed by atoms with Gasteiger partial charge in [-0.3, -0.25) is 4.79 Å². The van der Waals surface area contributed by atoms with Gasteiger partial charge in [0.25, 0.3) is 0 Å². The van der Waals surface area contributed by atoms with E-state index in [0.29, 0.717) is 6.42 Å². The van der Waals surface area contributed by atoms with Crippen molar-refractivity contribution in [3.8, 4) is 0 Å². The molecular weight excluding hydrogens is 344 g/mol. The van der Waals surface area contributed by atoms with Gasteiger partial charge in [0.05, 0.1) is 27.8 Å². The van der Waals surface area contributed by atoms with Crippen molar-refractivity contribution < 1.29 is 13.2 Å². The molecule has 0 aliphatic carbocycles. The topological polar surface area (TPSA) is 76.1 Å². The Morgan fingerprint density at radius 2 is 2.12 bits per heavy atom. The second kappa shape index (κ2) is 6.72. The molecule has 24 heavy (non-hydrogen) atoms. The van der Waals surface area contributed by atoms with E-state index in [9.17, 15) is 13.2 Å². The third-order valence-electron chi connectivity index (χ3n) is 4.17. The van der Waals surface area contributed by atoms with Crippen molar-refractivity contribution in [1.82, 2.24) is 10.3 Å². The number of nitrogens with one attached hydrogen (secondary N) is 1. The maximum atomic E-state index is 12.0. The number of carbonyl (C=O) groups excluding carboxylic acids is 1. The Morgan fingerprint density at radius 3 is 2.83 bits per heavy atom. The van der Waals surface area contributed by atoms with Gasteiger partial charge in [0.1, 0.15) is 0 Å². The Labute approximate surface area is 146 Å². The number of rotatable bonds is 4. The van der Waals surface area contributed by atoms with Crippen LogP contribution in [0.1, 0.15) is 17.5 Å². The van der Waals surface area contributed by atoms with Gasteiger partial charge in [-0.25, -0.2) is 13.4 Å². The van der Waals surface area contributed by atoms with Crippen LogP contribution in [0.2, 0.25) is 0 Å². The molecule has 0 bridgehead atoms. The zero-order valence-electron chi connectivity index (χ0n) is 13.7. The fraction of sp³-hybridized carbons (Fsp3) is 0.412. The number of amides is 1. The van der Waals surface area contributed by atoms with Gasteiger partial charge < -0.3 is 5.32 Å². The lowest BCUT2D eigenvalue weighted by Crippen LogP contribution is -2.36. The van der Waals surface area contributed by atoms with Gasteiger partial charge in [-0.05, 0) is 37.5 Å². The molecule has 1 N–H and O–H groups in total. The summed E-state index contributed by atoms with van der Waals surface area (Å²) in [6.45, 7) is 4.06. The van der Waals surface area contributed by atoms with Crippen molar-refractivity contribution in [3.05, 3.63) is 35.4 Å². The minimum Gasteiger partial charge on any atom is -0.352 e. The number of pyridine rings is 1. The van der Waals surface area contributed by atoms with Gasteiger partial charge in [0.2, 0.25) is 5.91 Å². The van der Waals surface area contributed by atoms with Gasteiger partial charge >= 0.3 is 0 Å². The Bertz CT molecular complexity index is 894. The Morgan fingerprint density at radius 1 is 1.33 bits per heavy atom. The molecule has 0 radical (unpaired) electrons. The number of hydrogen-bond donors (Lipinski definition) is 1. The van der Waals surface area contributed by atoms with Gasteiger partial charge in [0, 0.05) is 11.4 Å². The molecule has 1 aliphatic heterocycles. The summed E-state index contributed by atoms with van der Waals surface area (Å²) in [5, 5.41) is 4.73. The fourth-order valence-corrected chi connectivity index (χ4v) is 5.37. The highest BCUT2D eigenvalue weighted by Crippen LogP contribution is 2.25. The number of sulfone groups is 1. The number of benzene rings is 1. The first-order valence-corrected chi connectivity index (χ1v) is 10.6. The highest BCUT2D eigenvalue weighted by molar-refractivity contribution is 7.99. The summed E-state index contributed by atoms with van der Waals surface area (Å²) in [4.78, 5) is 16.7. The van der Waals surface area contributed by atoms with Gasteiger partial charge in [-0.15, -0.1) is 0 Å². The summed E-state index contributed by atoms with van der Waals surface area (Å²) < 4.78 is 22.9. The second-order valence-electron chi connectivity index (χ2n) is 6.20. The maximum Gasteiger partial charge on any atom is 0.230 e. The van der Waals surface area contributed by atoms with Crippen molar-refractivity contribution in [2.75, 3.05) is 17.3 Å². The van der Waals surface area contributed by atoms with Crippen LogP contribution >= 0.6 is 11.8 Å². The van der Waals surface area contributed by atoms with Gasteiger partial charge in [0.15, 0.2) is 9.84 Å². The molecule has 0 saturated carbocycles. The van der Waals surface area contributed by atoms with Crippen LogP contribution in [-0.2, 0) is 14.6 Å². The number of nitrogens with zero attached hydrogens (tertiary/aromatic N) is 1. The average Bonchev–Trinajstić information content (AvgIpc) is 2.85. The predicted molar refractivity (Wildman–Crippen MR) is 97.1 cm³/mol. The van der Waals surface area contributed by atoms with Crippen molar-refractivity contribution in [2.45, 2.75) is 31.3 Å². The Balaban J connectivity index is 1.65. The van der Waals surface area contributed by atoms with E-state index in [1.165, 1.54) is 11.8 Å². The van der Waals surface area contributed by atoms with Crippen LogP contribution in [0.3, 0.4) is 0 Å². The molecule has 0 spiro atoms. The standard InChI is InChI=1S/C17H20N2O3S2/c1-11-4-3-5-14-12(2)8-16(19-17(11)14)23-9-15(20)18-13-6-7-24(21,22)10-13/h3-5,8,13H,6-7,9-10H2,1-2H3,(H,18,20)/t13-/m1/s1. The molecule has 2 aromatic rings. The molecule has 1 fully saturated rings. The van der Waals surface area contributed by atoms with Crippen LogP contribution in [0.5, 0.6) is 0 Å². The third-order valence-corrected chi connectivity index (χ3v) is 6.85. The molecule has 1 aromatic heterocycles. The number of aryl methyl sites for hydroxylation is 2. The van der Waals surface area contributed by atoms with Crippen LogP contribution < -0.4 is 5.32 Å². The lowest BCUT2D eigenvalue weighted by Gasteiger charge is -2.11. The summed E-state index contributed by atoms with van der Waals surface area (Å²) in [6.07, 6.45) is 0.505. The normalized spacial score (nSPS) is 19.5. The fourth-order valence-electron chi connectivity index (χ4n) is 2.92. The summed E-state index contributed by atoms with van der Waals surface area (Å²) in [6, 6.07) is 7.82. The summed E-state index contributed by atoms with van der Waals surface area (Å²) in [5.74, 6) is 0.304. The van der Waals surface area contributed by atoms with E-state index in [0.717, 1.165) is 27.1 Å². The first-order valence-electron chi connectivity index (χ1n) is 7.83. The number of aromatic nitrogens is 1. The summed E-state index contributed by atoms with van der Waals surface area (Å²) in [5.41, 5.74) is 3.20. The first-order chi connectivity index (χ1) is 11.3. The zero-order chi connectivity index (χ0) is 17.3. The van der Waals surface area contributed by atoms with Gasteiger partial charge in [-0.2, -0.15) is 0 Å². The van der Waals surface area contributed by atoms with Crippen LogP contribution in [0.15, 0.2) is 29.3 Å². The average molecular weight is 364 g/mol. The van der Waals surface area contributed by atoms with E-state index in [2.05, 4.69) is 10.3 Å². The Kier molecular flexibility index (Phi) is 4.83. The molecule has 2 heterocycles. The van der Waals surface area contributed by atoms with Crippen LogP contribution in [0.25, 0.3) is 10.9 Å². The van der Waals surface area contributed by atoms with E-state index in [1.54, 1.807) is 0 Å². The lowest BCUT2D eigenvalue weighted by molar-refractivity contribution is -0.119. The maximum absolute atomic E-state index is 12.0. The van der Waals surface area contributed by atoms with Crippen LogP contribution in [0, 0.1) is 13.8 Å². The molecule has 128 valence electrons. The van der Waals surface area contributed by atoms with E-state index in [-0.39, 0.29) is 29.2 Å². The molecule has 0 unspecified atom stereocenters. The minimum atomic E-state index is -2.98. The van der Waals surface area contributed by atoms with E-state index in [1.807, 2.05) is 38.1 Å². The number of thioether (sulfide) groups is 1. The molecule has 1 amide bonds. The largest absolute Gasteiger partial charge is 0.352 e. The van der Waals surface area contributed by atoms with Crippen LogP contribution in [-0.4, -0.2) is 42.6 Å². The Hall–Kier alpha value is -1.60. The third kappa shape index (κ3) is 3.89. The van der Waals surface area contributed by atoms with Crippen molar-refractivity contribution >= 4 is 38.4 Å². The van der Waals surface area contributed by atoms with Crippen LogP contribution in [0.4, 0.5) is 0 Å². The van der Waals surface area contributed by atoms with Crippen molar-refractivity contribution in [2.24, 2.45) is 0 Å². The van der Waals surface area contributed by atoms with Crippen molar-refractivity contribution in [1.29, 1.82) is 0 Å². The number of fused-ring (bicyclic) bond motifs is 1. The van der Waals surface area contributed by atoms with E-state index in [4.69, 9.17) is 0 Å². The number of carbonyl (C=O) groups is 1. The quantitative estimate of drug-likeness (QED) is 0.842. The number of hydrogen-bond acceptors (Lipinski definition) is 5. The molecule has 1 aromatic carbocycles. The minimum absolute atomic E-state index is 0.0515. The van der Waals surface area contributed by atoms with Gasteiger partial charge in [-0.1, -0.05) is 30.0 Å². The molecule has 7 heteroatoms. The van der Waals surface area contributed by atoms with Crippen molar-refractivity contribution in [3.63, 3.8) is 0 Å². The number of para-hydroxylation sites is 1. The first kappa shape index (κ1) is 17.2. The molecule has 3 rings (SSSR count). The smallest absolute Gasteiger partial charge is 0.230 e. The molecule has 1 atom stereocenters. The SMILES string of the molecule is Cc1cc(SCC(=O)N[C@@H]2CCS(=O)(=O)C2)nc2c(C)cccc12. The molecule has 1 aliphatic rings. The monoisotopic (exact) mass is 364 g/mol. The summed E-state index contributed by atoms with van der Waals surface area (Å²) >= 11 is 1.38. The van der Waals surface area contributed by atoms with E-state index >= 15 is 0 Å². The highest BCUT2D eigenvalue weighted by Gasteiger charge is 2.28.